The number of nitrogens with one attached hydrogen (secondary N) is 1. The minimum Gasteiger partial charge on any atom is -0.372 e. The van der Waals surface area contributed by atoms with Crippen LogP contribution in [-0.2, 0) is 9.53 Å². The Kier molecular flexibility index (Phi) is 6.23. The van der Waals surface area contributed by atoms with Crippen molar-refractivity contribution in [3.05, 3.63) is 0 Å². The molecular weight excluding hydrogens is 240 g/mol. The van der Waals surface area contributed by atoms with Gasteiger partial charge in [-0.1, -0.05) is 13.3 Å². The highest BCUT2D eigenvalue weighted by atomic mass is 35.5. The number of ether oxygens (including phenoxy) is 1. The van der Waals surface area contributed by atoms with Crippen molar-refractivity contribution < 1.29 is 9.53 Å². The van der Waals surface area contributed by atoms with E-state index in [1.807, 2.05) is 4.90 Å². The number of unbranched alkanes of at least 4 members (excludes halogenated alkanes) is 1. The lowest BCUT2D eigenvalue weighted by Gasteiger charge is -2.17. The quantitative estimate of drug-likeness (QED) is 0.749. The van der Waals surface area contributed by atoms with Gasteiger partial charge in [-0.3, -0.25) is 4.79 Å². The van der Waals surface area contributed by atoms with Gasteiger partial charge in [0.2, 0.25) is 5.91 Å². The molecule has 2 rings (SSSR count). The van der Waals surface area contributed by atoms with Gasteiger partial charge in [0.05, 0.1) is 0 Å². The third kappa shape index (κ3) is 3.83. The van der Waals surface area contributed by atoms with Crippen molar-refractivity contribution >= 4 is 18.3 Å². The lowest BCUT2D eigenvalue weighted by Crippen LogP contribution is -2.34. The summed E-state index contributed by atoms with van der Waals surface area (Å²) in [7, 11) is 0. The molecule has 1 N–H and O–H groups in total. The minimum absolute atomic E-state index is 0. The monoisotopic (exact) mass is 262 g/mol. The predicted molar refractivity (Wildman–Crippen MR) is 69.4 cm³/mol. The van der Waals surface area contributed by atoms with Gasteiger partial charge in [0.1, 0.15) is 6.61 Å². The highest BCUT2D eigenvalue weighted by Gasteiger charge is 2.37. The summed E-state index contributed by atoms with van der Waals surface area (Å²) in [5.74, 6) is 1.53. The van der Waals surface area contributed by atoms with Crippen molar-refractivity contribution in [1.29, 1.82) is 0 Å². The van der Waals surface area contributed by atoms with Gasteiger partial charge in [-0.05, 0) is 18.3 Å². The van der Waals surface area contributed by atoms with E-state index in [9.17, 15) is 4.79 Å². The fraction of sp³-hybridized carbons (Fsp3) is 0.917. The van der Waals surface area contributed by atoms with E-state index in [0.717, 1.165) is 39.0 Å². The Morgan fingerprint density at radius 2 is 2.00 bits per heavy atom. The van der Waals surface area contributed by atoms with Crippen LogP contribution >= 0.6 is 12.4 Å². The number of hydrogen-bond donors (Lipinski definition) is 1. The van der Waals surface area contributed by atoms with Crippen molar-refractivity contribution in [2.75, 3.05) is 39.4 Å². The first kappa shape index (κ1) is 14.7. The van der Waals surface area contributed by atoms with Crippen LogP contribution in [0.1, 0.15) is 19.8 Å². The summed E-state index contributed by atoms with van der Waals surface area (Å²) in [4.78, 5) is 13.8. The maximum atomic E-state index is 11.8. The van der Waals surface area contributed by atoms with Crippen LogP contribution < -0.4 is 5.32 Å². The average molecular weight is 263 g/mol. The van der Waals surface area contributed by atoms with Crippen LogP contribution in [0.15, 0.2) is 0 Å². The highest BCUT2D eigenvalue weighted by molar-refractivity contribution is 5.85. The molecule has 0 spiro atoms. The highest BCUT2D eigenvalue weighted by Crippen LogP contribution is 2.26. The van der Waals surface area contributed by atoms with Crippen LogP contribution in [0.25, 0.3) is 0 Å². The molecule has 2 atom stereocenters. The number of likely N-dealkylation sites (tertiary alicyclic amines) is 1. The molecule has 2 fully saturated rings. The summed E-state index contributed by atoms with van der Waals surface area (Å²) < 4.78 is 5.36. The Labute approximate surface area is 109 Å². The van der Waals surface area contributed by atoms with Gasteiger partial charge in [-0.25, -0.2) is 0 Å². The van der Waals surface area contributed by atoms with E-state index in [2.05, 4.69) is 12.2 Å². The Morgan fingerprint density at radius 1 is 1.35 bits per heavy atom. The second-order valence-corrected chi connectivity index (χ2v) is 4.88. The topological polar surface area (TPSA) is 41.6 Å². The molecule has 0 aliphatic carbocycles. The Bertz CT molecular complexity index is 239. The second-order valence-electron chi connectivity index (χ2n) is 4.88. The number of halogens is 1. The normalized spacial score (nSPS) is 26.8. The third-order valence-electron chi connectivity index (χ3n) is 3.61. The maximum Gasteiger partial charge on any atom is 0.248 e. The molecule has 100 valence electrons. The van der Waals surface area contributed by atoms with Gasteiger partial charge in [0.25, 0.3) is 0 Å². The zero-order valence-corrected chi connectivity index (χ0v) is 11.3. The summed E-state index contributed by atoms with van der Waals surface area (Å²) in [5.41, 5.74) is 0. The molecule has 2 heterocycles. The van der Waals surface area contributed by atoms with Gasteiger partial charge < -0.3 is 15.0 Å². The first-order valence-electron chi connectivity index (χ1n) is 6.37. The number of nitrogens with zero attached hydrogens (tertiary/aromatic N) is 1. The number of amides is 1. The van der Waals surface area contributed by atoms with Crippen LogP contribution in [0.3, 0.4) is 0 Å². The molecule has 0 aromatic heterocycles. The van der Waals surface area contributed by atoms with E-state index in [1.54, 1.807) is 0 Å². The lowest BCUT2D eigenvalue weighted by molar-refractivity contribution is -0.135. The molecule has 0 aromatic rings. The Balaban J connectivity index is 0.00000144. The molecule has 0 bridgehead atoms. The zero-order chi connectivity index (χ0) is 11.4. The fourth-order valence-corrected chi connectivity index (χ4v) is 2.56. The Morgan fingerprint density at radius 3 is 2.59 bits per heavy atom. The molecule has 0 unspecified atom stereocenters. The van der Waals surface area contributed by atoms with E-state index < -0.39 is 0 Å². The smallest absolute Gasteiger partial charge is 0.248 e. The van der Waals surface area contributed by atoms with Gasteiger partial charge in [-0.2, -0.15) is 0 Å². The molecule has 17 heavy (non-hydrogen) atoms. The van der Waals surface area contributed by atoms with Crippen molar-refractivity contribution in [1.82, 2.24) is 10.2 Å². The van der Waals surface area contributed by atoms with Gasteiger partial charge in [-0.15, -0.1) is 12.4 Å². The average Bonchev–Trinajstić information content (AvgIpc) is 2.83. The van der Waals surface area contributed by atoms with E-state index >= 15 is 0 Å². The first-order chi connectivity index (χ1) is 7.81. The number of carbonyl (C=O) groups is 1. The van der Waals surface area contributed by atoms with E-state index in [0.29, 0.717) is 18.4 Å². The van der Waals surface area contributed by atoms with Crippen LogP contribution in [0, 0.1) is 11.8 Å². The third-order valence-corrected chi connectivity index (χ3v) is 3.61. The van der Waals surface area contributed by atoms with Crippen molar-refractivity contribution in [2.45, 2.75) is 19.8 Å². The van der Waals surface area contributed by atoms with Crippen LogP contribution in [-0.4, -0.2) is 50.2 Å². The number of hydrogen-bond acceptors (Lipinski definition) is 3. The molecule has 2 saturated heterocycles. The van der Waals surface area contributed by atoms with Gasteiger partial charge in [0.15, 0.2) is 0 Å². The fourth-order valence-electron chi connectivity index (χ4n) is 2.56. The molecule has 4 nitrogen and oxygen atoms in total. The van der Waals surface area contributed by atoms with Crippen molar-refractivity contribution in [3.63, 3.8) is 0 Å². The van der Waals surface area contributed by atoms with Crippen molar-refractivity contribution in [3.8, 4) is 0 Å². The van der Waals surface area contributed by atoms with E-state index in [-0.39, 0.29) is 24.9 Å². The number of fused-ring (bicyclic) bond motifs is 1. The number of carbonyl (C=O) groups excluding carboxylic acids is 1. The minimum atomic E-state index is 0. The van der Waals surface area contributed by atoms with Crippen LogP contribution in [0.2, 0.25) is 0 Å². The summed E-state index contributed by atoms with van der Waals surface area (Å²) in [5, 5.41) is 3.37. The van der Waals surface area contributed by atoms with Gasteiger partial charge in [0, 0.05) is 32.8 Å². The number of rotatable bonds is 5. The maximum absolute atomic E-state index is 11.8. The molecular formula is C12H23ClN2O2. The molecule has 0 aromatic carbocycles. The Hall–Kier alpha value is -0.320. The summed E-state index contributed by atoms with van der Waals surface area (Å²) in [6.45, 7) is 7.11. The SMILES string of the molecule is CCCCOCC(=O)N1C[C@H]2CNC[C@H]2C1.Cl. The van der Waals surface area contributed by atoms with E-state index in [1.165, 1.54) is 0 Å². The second kappa shape index (κ2) is 7.19. The van der Waals surface area contributed by atoms with Crippen molar-refractivity contribution in [2.24, 2.45) is 11.8 Å². The lowest BCUT2D eigenvalue weighted by atomic mass is 10.0. The summed E-state index contributed by atoms with van der Waals surface area (Å²) >= 11 is 0. The molecule has 5 heteroatoms. The first-order valence-corrected chi connectivity index (χ1v) is 6.37. The molecule has 2 aliphatic heterocycles. The summed E-state index contributed by atoms with van der Waals surface area (Å²) in [6.07, 6.45) is 2.16. The van der Waals surface area contributed by atoms with Crippen LogP contribution in [0.4, 0.5) is 0 Å². The largest absolute Gasteiger partial charge is 0.372 e. The van der Waals surface area contributed by atoms with Gasteiger partial charge >= 0.3 is 0 Å². The predicted octanol–water partition coefficient (Wildman–Crippen LogP) is 0.903. The standard InChI is InChI=1S/C12H22N2O2.ClH/c1-2-3-4-16-9-12(15)14-7-10-5-13-6-11(10)8-14;/h10-11,13H,2-9H2,1H3;1H/t10-,11+;. The zero-order valence-electron chi connectivity index (χ0n) is 10.5. The molecule has 0 radical (unpaired) electrons. The molecule has 1 amide bonds. The summed E-state index contributed by atoms with van der Waals surface area (Å²) in [6, 6.07) is 0. The molecule has 0 saturated carbocycles. The molecule has 2 aliphatic rings. The van der Waals surface area contributed by atoms with Crippen LogP contribution in [0.5, 0.6) is 0 Å². The van der Waals surface area contributed by atoms with E-state index in [4.69, 9.17) is 4.74 Å².